The highest BCUT2D eigenvalue weighted by Gasteiger charge is 2.30. The molecule has 0 spiro atoms. The number of carbonyl (C=O) groups is 1. The molecule has 4 rings (SSSR count). The molecule has 32 heavy (non-hydrogen) atoms. The molecule has 2 aromatic rings. The number of amides is 1. The third-order valence-electron chi connectivity index (χ3n) is 4.98. The minimum atomic E-state index is -3.74. The van der Waals surface area contributed by atoms with Gasteiger partial charge in [0.1, 0.15) is 12.4 Å². The molecule has 1 fully saturated rings. The first-order chi connectivity index (χ1) is 15.3. The van der Waals surface area contributed by atoms with E-state index in [1.54, 1.807) is 24.3 Å². The van der Waals surface area contributed by atoms with Crippen LogP contribution in [-0.2, 0) is 19.6 Å². The summed E-state index contributed by atoms with van der Waals surface area (Å²) < 4.78 is 49.9. The maximum absolute atomic E-state index is 13.1. The molecule has 1 amide bonds. The number of ether oxygens (including phenoxy) is 4. The molecule has 2 aliphatic heterocycles. The van der Waals surface area contributed by atoms with Crippen LogP contribution >= 0.6 is 0 Å². The van der Waals surface area contributed by atoms with Gasteiger partial charge in [-0.2, -0.15) is 4.31 Å². The number of hydrogen-bond acceptors (Lipinski definition) is 7. The van der Waals surface area contributed by atoms with Crippen molar-refractivity contribution in [2.75, 3.05) is 38.2 Å². The van der Waals surface area contributed by atoms with E-state index in [1.807, 2.05) is 19.9 Å². The predicted molar refractivity (Wildman–Crippen MR) is 117 cm³/mol. The first-order valence-corrected chi connectivity index (χ1v) is 11.9. The average molecular weight is 463 g/mol. The molecule has 1 saturated heterocycles. The number of rotatable bonds is 6. The summed E-state index contributed by atoms with van der Waals surface area (Å²) in [5.74, 6) is 0.945. The molecule has 2 heterocycles. The van der Waals surface area contributed by atoms with Crippen LogP contribution in [0.25, 0.3) is 0 Å². The summed E-state index contributed by atoms with van der Waals surface area (Å²) in [7, 11) is -3.74. The van der Waals surface area contributed by atoms with E-state index in [0.717, 1.165) is 0 Å². The predicted octanol–water partition coefficient (Wildman–Crippen LogP) is 2.27. The van der Waals surface area contributed by atoms with E-state index in [4.69, 9.17) is 18.9 Å². The number of fused-ring (bicyclic) bond motifs is 1. The molecule has 172 valence electrons. The highest BCUT2D eigenvalue weighted by molar-refractivity contribution is 7.89. The largest absolute Gasteiger partial charge is 0.489 e. The first kappa shape index (κ1) is 22.4. The number of benzene rings is 2. The lowest BCUT2D eigenvalue weighted by atomic mass is 10.2. The van der Waals surface area contributed by atoms with Gasteiger partial charge in [0.15, 0.2) is 11.5 Å². The van der Waals surface area contributed by atoms with Crippen molar-refractivity contribution in [3.8, 4) is 17.2 Å². The van der Waals surface area contributed by atoms with Gasteiger partial charge in [0.25, 0.3) is 5.91 Å². The van der Waals surface area contributed by atoms with Crippen LogP contribution in [0.15, 0.2) is 47.4 Å². The Hall–Kier alpha value is -2.82. The third-order valence-corrected chi connectivity index (χ3v) is 6.88. The van der Waals surface area contributed by atoms with E-state index in [1.165, 1.54) is 16.4 Å². The highest BCUT2D eigenvalue weighted by Crippen LogP contribution is 2.33. The van der Waals surface area contributed by atoms with Gasteiger partial charge in [-0.3, -0.25) is 4.79 Å². The van der Waals surface area contributed by atoms with Gasteiger partial charge in [-0.15, -0.1) is 0 Å². The zero-order valence-electron chi connectivity index (χ0n) is 17.9. The number of para-hydroxylation sites is 2. The zero-order valence-corrected chi connectivity index (χ0v) is 18.8. The molecule has 0 radical (unpaired) electrons. The van der Waals surface area contributed by atoms with Gasteiger partial charge >= 0.3 is 0 Å². The number of nitrogens with zero attached hydrogens (tertiary/aromatic N) is 1. The van der Waals surface area contributed by atoms with Gasteiger partial charge in [-0.1, -0.05) is 12.1 Å². The van der Waals surface area contributed by atoms with Crippen molar-refractivity contribution < 1.29 is 32.2 Å². The van der Waals surface area contributed by atoms with E-state index in [2.05, 4.69) is 5.32 Å². The number of sulfonamides is 1. The summed E-state index contributed by atoms with van der Waals surface area (Å²) in [6.07, 6.45) is -1.07. The monoisotopic (exact) mass is 462 g/mol. The van der Waals surface area contributed by atoms with E-state index in [0.29, 0.717) is 30.5 Å². The van der Waals surface area contributed by atoms with Crippen LogP contribution in [0.4, 0.5) is 5.69 Å². The van der Waals surface area contributed by atoms with Crippen molar-refractivity contribution in [3.63, 3.8) is 0 Å². The van der Waals surface area contributed by atoms with Crippen molar-refractivity contribution in [1.29, 1.82) is 0 Å². The lowest BCUT2D eigenvalue weighted by molar-refractivity contribution is -0.125. The molecule has 0 aromatic heterocycles. The molecule has 0 bridgehead atoms. The Morgan fingerprint density at radius 3 is 2.56 bits per heavy atom. The molecule has 2 aromatic carbocycles. The van der Waals surface area contributed by atoms with Gasteiger partial charge in [0, 0.05) is 13.1 Å². The van der Waals surface area contributed by atoms with Crippen LogP contribution < -0.4 is 19.5 Å². The SMILES string of the molecule is CC(C)Oc1ccc(S(=O)(=O)N2CCOCC2)cc1NC(=O)[C@@H]1COc2ccccc2O1. The molecule has 0 unspecified atom stereocenters. The van der Waals surface area contributed by atoms with E-state index in [9.17, 15) is 13.2 Å². The normalized spacial score (nSPS) is 18.9. The third kappa shape index (κ3) is 4.82. The van der Waals surface area contributed by atoms with Crippen LogP contribution in [0, 0.1) is 0 Å². The van der Waals surface area contributed by atoms with Crippen LogP contribution in [0.3, 0.4) is 0 Å². The number of morpholine rings is 1. The molecule has 0 saturated carbocycles. The van der Waals surface area contributed by atoms with Gasteiger partial charge in [-0.05, 0) is 44.2 Å². The lowest BCUT2D eigenvalue weighted by Gasteiger charge is -2.27. The summed E-state index contributed by atoms with van der Waals surface area (Å²) in [6, 6.07) is 11.5. The highest BCUT2D eigenvalue weighted by atomic mass is 32.2. The van der Waals surface area contributed by atoms with Crippen molar-refractivity contribution in [2.24, 2.45) is 0 Å². The Morgan fingerprint density at radius 1 is 1.12 bits per heavy atom. The Bertz CT molecular complexity index is 1080. The molecule has 1 atom stereocenters. The van der Waals surface area contributed by atoms with Crippen molar-refractivity contribution >= 4 is 21.6 Å². The summed E-state index contributed by atoms with van der Waals surface area (Å²) in [5, 5.41) is 2.76. The fraction of sp³-hybridized carbons (Fsp3) is 0.409. The molecule has 2 aliphatic rings. The smallest absolute Gasteiger partial charge is 0.269 e. The topological polar surface area (TPSA) is 103 Å². The molecular weight excluding hydrogens is 436 g/mol. The Labute approximate surface area is 187 Å². The number of nitrogens with one attached hydrogen (secondary N) is 1. The summed E-state index contributed by atoms with van der Waals surface area (Å²) in [6.45, 7) is 4.98. The zero-order chi connectivity index (χ0) is 22.7. The number of anilines is 1. The maximum Gasteiger partial charge on any atom is 0.269 e. The number of hydrogen-bond donors (Lipinski definition) is 1. The van der Waals surface area contributed by atoms with E-state index >= 15 is 0 Å². The molecule has 1 N–H and O–H groups in total. The Balaban J connectivity index is 1.58. The Morgan fingerprint density at radius 2 is 1.84 bits per heavy atom. The standard InChI is InChI=1S/C22H26N2O7S/c1-15(2)30-18-8-7-16(32(26,27)24-9-11-28-12-10-24)13-17(18)23-22(25)21-14-29-19-5-3-4-6-20(19)31-21/h3-8,13,15,21H,9-12,14H2,1-2H3,(H,23,25)/t21-/m0/s1. The second-order valence-corrected chi connectivity index (χ2v) is 9.63. The van der Waals surface area contributed by atoms with Gasteiger partial charge < -0.3 is 24.3 Å². The Kier molecular flexibility index (Phi) is 6.54. The van der Waals surface area contributed by atoms with Crippen molar-refractivity contribution in [2.45, 2.75) is 31.0 Å². The summed E-state index contributed by atoms with van der Waals surface area (Å²) >= 11 is 0. The lowest BCUT2D eigenvalue weighted by Crippen LogP contribution is -2.41. The molecular formula is C22H26N2O7S. The second-order valence-electron chi connectivity index (χ2n) is 7.69. The molecule has 0 aliphatic carbocycles. The second kappa shape index (κ2) is 9.35. The van der Waals surface area contributed by atoms with Gasteiger partial charge in [0.2, 0.25) is 16.1 Å². The van der Waals surface area contributed by atoms with Crippen molar-refractivity contribution in [3.05, 3.63) is 42.5 Å². The van der Waals surface area contributed by atoms with E-state index in [-0.39, 0.29) is 36.4 Å². The molecule has 10 heteroatoms. The van der Waals surface area contributed by atoms with Crippen LogP contribution in [0.1, 0.15) is 13.8 Å². The van der Waals surface area contributed by atoms with Crippen LogP contribution in [0.5, 0.6) is 17.2 Å². The number of carbonyl (C=O) groups excluding carboxylic acids is 1. The quantitative estimate of drug-likeness (QED) is 0.702. The first-order valence-electron chi connectivity index (χ1n) is 10.4. The van der Waals surface area contributed by atoms with Gasteiger partial charge in [-0.25, -0.2) is 8.42 Å². The maximum atomic E-state index is 13.1. The van der Waals surface area contributed by atoms with Gasteiger partial charge in [0.05, 0.1) is 29.9 Å². The fourth-order valence-corrected chi connectivity index (χ4v) is 4.86. The minimum absolute atomic E-state index is 0.0367. The van der Waals surface area contributed by atoms with Crippen molar-refractivity contribution in [1.82, 2.24) is 4.31 Å². The summed E-state index contributed by atoms with van der Waals surface area (Å²) in [4.78, 5) is 13.0. The fourth-order valence-electron chi connectivity index (χ4n) is 3.42. The minimum Gasteiger partial charge on any atom is -0.489 e. The summed E-state index contributed by atoms with van der Waals surface area (Å²) in [5.41, 5.74) is 0.250. The van der Waals surface area contributed by atoms with Crippen LogP contribution in [0.2, 0.25) is 0 Å². The van der Waals surface area contributed by atoms with E-state index < -0.39 is 22.0 Å². The van der Waals surface area contributed by atoms with Crippen LogP contribution in [-0.4, -0.2) is 63.7 Å². The average Bonchev–Trinajstić information content (AvgIpc) is 2.80. The molecule has 9 nitrogen and oxygen atoms in total.